The maximum absolute atomic E-state index is 12.3. The summed E-state index contributed by atoms with van der Waals surface area (Å²) in [7, 11) is 0. The Morgan fingerprint density at radius 2 is 2.12 bits per heavy atom. The lowest BCUT2D eigenvalue weighted by Crippen LogP contribution is -2.17. The van der Waals surface area contributed by atoms with E-state index in [1.165, 1.54) is 4.57 Å². The van der Waals surface area contributed by atoms with Crippen LogP contribution >= 0.6 is 15.9 Å². The fourth-order valence-corrected chi connectivity index (χ4v) is 3.41. The van der Waals surface area contributed by atoms with Gasteiger partial charge < -0.3 is 10.1 Å². The minimum absolute atomic E-state index is 0.0825. The number of imidazole rings is 1. The summed E-state index contributed by atoms with van der Waals surface area (Å²) in [5, 5.41) is 10.5. The first-order valence-corrected chi connectivity index (χ1v) is 8.93. The Balaban J connectivity index is 1.71. The lowest BCUT2D eigenvalue weighted by molar-refractivity contribution is 0.420. The van der Waals surface area contributed by atoms with Crippen molar-refractivity contribution in [2.75, 3.05) is 0 Å². The standard InChI is InChI=1S/C20H16BrN3O2/c1-12-3-2-4-13(7-12)11-24-19(25)18(23-20(24)26)8-14-10-22-17-6-5-15(21)9-16(14)17/h2-10,25H,11H2,1H3,(H,23,26)/b14-8+. The van der Waals surface area contributed by atoms with E-state index in [1.807, 2.05) is 49.4 Å². The molecule has 0 aliphatic carbocycles. The second-order valence-electron chi connectivity index (χ2n) is 6.26. The average molecular weight is 410 g/mol. The molecule has 130 valence electrons. The number of halogens is 1. The predicted molar refractivity (Wildman–Crippen MR) is 107 cm³/mol. The molecule has 1 aliphatic heterocycles. The van der Waals surface area contributed by atoms with E-state index >= 15 is 0 Å². The first-order chi connectivity index (χ1) is 12.5. The van der Waals surface area contributed by atoms with Crippen LogP contribution in [0.25, 0.3) is 11.6 Å². The highest BCUT2D eigenvalue weighted by atomic mass is 79.9. The van der Waals surface area contributed by atoms with Crippen LogP contribution in [0.5, 0.6) is 5.88 Å². The predicted octanol–water partition coefficient (Wildman–Crippen LogP) is 4.26. The number of aromatic amines is 1. The third kappa shape index (κ3) is 3.04. The van der Waals surface area contributed by atoms with Gasteiger partial charge >= 0.3 is 5.69 Å². The number of nitrogens with zero attached hydrogens (tertiary/aromatic N) is 2. The van der Waals surface area contributed by atoms with Gasteiger partial charge in [-0.2, -0.15) is 0 Å². The molecule has 0 fully saturated rings. The summed E-state index contributed by atoms with van der Waals surface area (Å²) in [5.74, 6) is -0.0825. The van der Waals surface area contributed by atoms with Gasteiger partial charge in [0.25, 0.3) is 0 Å². The van der Waals surface area contributed by atoms with Crippen LogP contribution in [-0.2, 0) is 6.54 Å². The Hall–Kier alpha value is -2.86. The van der Waals surface area contributed by atoms with E-state index in [4.69, 9.17) is 0 Å². The van der Waals surface area contributed by atoms with Crippen molar-refractivity contribution < 1.29 is 5.11 Å². The molecule has 0 saturated heterocycles. The molecule has 0 spiro atoms. The van der Waals surface area contributed by atoms with E-state index in [9.17, 15) is 9.90 Å². The van der Waals surface area contributed by atoms with Crippen molar-refractivity contribution in [3.63, 3.8) is 0 Å². The molecule has 3 aromatic rings. The van der Waals surface area contributed by atoms with E-state index < -0.39 is 0 Å². The van der Waals surface area contributed by atoms with Gasteiger partial charge in [0.2, 0.25) is 5.88 Å². The Morgan fingerprint density at radius 3 is 2.92 bits per heavy atom. The zero-order valence-electron chi connectivity index (χ0n) is 14.0. The molecule has 6 heteroatoms. The molecule has 1 aromatic heterocycles. The molecule has 5 nitrogen and oxygen atoms in total. The van der Waals surface area contributed by atoms with Gasteiger partial charge in [0, 0.05) is 21.8 Å². The summed E-state index contributed by atoms with van der Waals surface area (Å²) < 4.78 is 2.28. The molecule has 0 saturated carbocycles. The van der Waals surface area contributed by atoms with Gasteiger partial charge in [0.15, 0.2) is 0 Å². The molecule has 2 aromatic carbocycles. The number of aliphatic imine (C=N–C) groups is 1. The third-order valence-electron chi connectivity index (χ3n) is 4.32. The Morgan fingerprint density at radius 1 is 1.27 bits per heavy atom. The molecule has 2 heterocycles. The SMILES string of the molecule is Cc1cccc(Cn2c(O)c(/C=C3\C=Nc4ccc(Br)cc43)[nH]c2=O)c1. The summed E-state index contributed by atoms with van der Waals surface area (Å²) in [6.45, 7) is 2.30. The molecular formula is C20H16BrN3O2. The van der Waals surface area contributed by atoms with E-state index in [-0.39, 0.29) is 11.6 Å². The van der Waals surface area contributed by atoms with Crippen molar-refractivity contribution >= 4 is 39.5 Å². The molecule has 0 amide bonds. The van der Waals surface area contributed by atoms with Crippen LogP contribution in [0.1, 0.15) is 22.4 Å². The number of hydrogen-bond acceptors (Lipinski definition) is 3. The minimum atomic E-state index is -0.347. The molecule has 0 radical (unpaired) electrons. The highest BCUT2D eigenvalue weighted by Crippen LogP contribution is 2.35. The van der Waals surface area contributed by atoms with Crippen molar-refractivity contribution in [2.45, 2.75) is 13.5 Å². The molecule has 2 N–H and O–H groups in total. The molecule has 4 rings (SSSR count). The van der Waals surface area contributed by atoms with Crippen molar-refractivity contribution in [3.05, 3.63) is 79.8 Å². The van der Waals surface area contributed by atoms with E-state index in [1.54, 1.807) is 12.3 Å². The molecule has 0 bridgehead atoms. The Kier molecular flexibility index (Phi) is 4.12. The molecule has 0 atom stereocenters. The maximum Gasteiger partial charge on any atom is 0.329 e. The lowest BCUT2D eigenvalue weighted by Gasteiger charge is -2.05. The normalized spacial score (nSPS) is 14.2. The number of rotatable bonds is 3. The van der Waals surface area contributed by atoms with Crippen LogP contribution in [0.4, 0.5) is 5.69 Å². The van der Waals surface area contributed by atoms with Crippen LogP contribution in [-0.4, -0.2) is 20.9 Å². The van der Waals surface area contributed by atoms with Gasteiger partial charge in [-0.3, -0.25) is 9.56 Å². The van der Waals surface area contributed by atoms with Gasteiger partial charge in [-0.1, -0.05) is 45.8 Å². The van der Waals surface area contributed by atoms with Crippen LogP contribution in [0.15, 0.2) is 56.7 Å². The number of H-pyrrole nitrogens is 1. The van der Waals surface area contributed by atoms with E-state index in [0.717, 1.165) is 32.4 Å². The monoisotopic (exact) mass is 409 g/mol. The van der Waals surface area contributed by atoms with Crippen molar-refractivity contribution in [3.8, 4) is 5.88 Å². The van der Waals surface area contributed by atoms with Crippen molar-refractivity contribution in [2.24, 2.45) is 4.99 Å². The van der Waals surface area contributed by atoms with Gasteiger partial charge in [0.1, 0.15) is 5.69 Å². The molecule has 26 heavy (non-hydrogen) atoms. The molecular weight excluding hydrogens is 394 g/mol. The quantitative estimate of drug-likeness (QED) is 0.678. The number of fused-ring (bicyclic) bond motifs is 1. The maximum atomic E-state index is 12.3. The van der Waals surface area contributed by atoms with Crippen molar-refractivity contribution in [1.82, 2.24) is 9.55 Å². The molecule has 0 unspecified atom stereocenters. The summed E-state index contributed by atoms with van der Waals surface area (Å²) in [6.07, 6.45) is 3.47. The second-order valence-corrected chi connectivity index (χ2v) is 7.18. The second kappa shape index (κ2) is 6.46. The van der Waals surface area contributed by atoms with Gasteiger partial charge in [-0.25, -0.2) is 4.79 Å². The minimum Gasteiger partial charge on any atom is -0.493 e. The van der Waals surface area contributed by atoms with Crippen LogP contribution in [0.3, 0.4) is 0 Å². The Labute approximate surface area is 158 Å². The summed E-state index contributed by atoms with van der Waals surface area (Å²) in [6, 6.07) is 13.7. The van der Waals surface area contributed by atoms with E-state index in [2.05, 4.69) is 25.9 Å². The van der Waals surface area contributed by atoms with E-state index in [0.29, 0.717) is 12.2 Å². The zero-order chi connectivity index (χ0) is 18.3. The first-order valence-electron chi connectivity index (χ1n) is 8.14. The number of hydrogen-bond donors (Lipinski definition) is 2. The fraction of sp³-hybridized carbons (Fsp3) is 0.100. The van der Waals surface area contributed by atoms with Crippen molar-refractivity contribution in [1.29, 1.82) is 0 Å². The largest absolute Gasteiger partial charge is 0.493 e. The highest BCUT2D eigenvalue weighted by molar-refractivity contribution is 9.10. The summed E-state index contributed by atoms with van der Waals surface area (Å²) >= 11 is 3.46. The number of aryl methyl sites for hydroxylation is 1. The van der Waals surface area contributed by atoms with Gasteiger partial charge in [-0.05, 0) is 36.8 Å². The zero-order valence-corrected chi connectivity index (χ0v) is 15.6. The Bertz CT molecular complexity index is 1120. The third-order valence-corrected chi connectivity index (χ3v) is 4.81. The van der Waals surface area contributed by atoms with Gasteiger partial charge in [0.05, 0.1) is 12.2 Å². The average Bonchev–Trinajstić information content (AvgIpc) is 3.11. The summed E-state index contributed by atoms with van der Waals surface area (Å²) in [4.78, 5) is 19.4. The van der Waals surface area contributed by atoms with Crippen LogP contribution in [0, 0.1) is 6.92 Å². The molecule has 1 aliphatic rings. The number of benzene rings is 2. The number of aromatic nitrogens is 2. The smallest absolute Gasteiger partial charge is 0.329 e. The highest BCUT2D eigenvalue weighted by Gasteiger charge is 2.16. The van der Waals surface area contributed by atoms with Crippen LogP contribution in [0.2, 0.25) is 0 Å². The van der Waals surface area contributed by atoms with Gasteiger partial charge in [-0.15, -0.1) is 0 Å². The fourth-order valence-electron chi connectivity index (χ4n) is 3.05. The first kappa shape index (κ1) is 16.6. The number of nitrogens with one attached hydrogen (secondary N) is 1. The topological polar surface area (TPSA) is 70.4 Å². The van der Waals surface area contributed by atoms with Crippen LogP contribution < -0.4 is 5.69 Å². The lowest BCUT2D eigenvalue weighted by atomic mass is 10.1. The number of aromatic hydroxyl groups is 1. The summed E-state index contributed by atoms with van der Waals surface area (Å²) in [5.41, 5.74) is 4.74. The number of allylic oxidation sites excluding steroid dienone is 1.